The van der Waals surface area contributed by atoms with E-state index in [0.717, 1.165) is 19.3 Å². The van der Waals surface area contributed by atoms with Crippen molar-refractivity contribution in [3.8, 4) is 0 Å². The maximum Gasteiger partial charge on any atom is 1.00 e. The zero-order valence-corrected chi connectivity index (χ0v) is 14.1. The Hall–Kier alpha value is 1.67. The van der Waals surface area contributed by atoms with Crippen molar-refractivity contribution in [2.75, 3.05) is 0 Å². The van der Waals surface area contributed by atoms with Crippen LogP contribution in [0.25, 0.3) is 0 Å². The molecule has 0 saturated heterocycles. The molecule has 3 unspecified atom stereocenters. The zero-order valence-electron chi connectivity index (χ0n) is 14.1. The number of rotatable bonds is 3. The first-order valence-corrected chi connectivity index (χ1v) is 5.79. The molecule has 0 aliphatic carbocycles. The van der Waals surface area contributed by atoms with Crippen molar-refractivity contribution in [3.05, 3.63) is 0 Å². The van der Waals surface area contributed by atoms with E-state index in [1.165, 1.54) is 0 Å². The molecule has 18 heavy (non-hydrogen) atoms. The van der Waals surface area contributed by atoms with Gasteiger partial charge in [0.05, 0.1) is 0 Å². The Bertz CT molecular complexity index is 83.5. The van der Waals surface area contributed by atoms with E-state index in [9.17, 15) is 15.3 Å². The Labute approximate surface area is 150 Å². The molecule has 0 heterocycles. The SMILES string of the molecule is CCC(C)[O-].CCC(C)[O-].CCC(C)[O-].[Li+].[Li+].[Li+]. The summed E-state index contributed by atoms with van der Waals surface area (Å²) in [4.78, 5) is 0. The number of hydrogen-bond acceptors (Lipinski definition) is 3. The van der Waals surface area contributed by atoms with Crippen molar-refractivity contribution in [2.24, 2.45) is 0 Å². The molecule has 0 radical (unpaired) electrons. The number of hydrogen-bond donors (Lipinski definition) is 0. The maximum atomic E-state index is 9.90. The predicted octanol–water partition coefficient (Wildman–Crippen LogP) is -8.55. The van der Waals surface area contributed by atoms with E-state index in [1.807, 2.05) is 20.8 Å². The molecule has 3 atom stereocenters. The molecule has 0 amide bonds. The van der Waals surface area contributed by atoms with Gasteiger partial charge in [-0.25, -0.2) is 0 Å². The first kappa shape index (κ1) is 36.7. The van der Waals surface area contributed by atoms with Crippen LogP contribution in [0.4, 0.5) is 0 Å². The fourth-order valence-electron chi connectivity index (χ4n) is 0. The Morgan fingerprint density at radius 3 is 0.611 bits per heavy atom. The molecule has 3 nitrogen and oxygen atoms in total. The van der Waals surface area contributed by atoms with E-state index in [2.05, 4.69) is 0 Å². The van der Waals surface area contributed by atoms with Crippen LogP contribution >= 0.6 is 0 Å². The van der Waals surface area contributed by atoms with Crippen LogP contribution in [0.3, 0.4) is 0 Å². The average Bonchev–Trinajstić information content (AvgIpc) is 2.19. The molecule has 96 valence electrons. The Balaban J connectivity index is -0.0000000277. The maximum absolute atomic E-state index is 9.90. The van der Waals surface area contributed by atoms with E-state index in [1.54, 1.807) is 20.8 Å². The molecule has 0 aliphatic rings. The molecule has 0 rings (SSSR count). The van der Waals surface area contributed by atoms with Crippen LogP contribution in [-0.2, 0) is 0 Å². The van der Waals surface area contributed by atoms with Gasteiger partial charge >= 0.3 is 56.6 Å². The van der Waals surface area contributed by atoms with E-state index >= 15 is 0 Å². The van der Waals surface area contributed by atoms with Gasteiger partial charge in [0, 0.05) is 0 Å². The summed E-state index contributed by atoms with van der Waals surface area (Å²) in [6.45, 7) is 10.7. The van der Waals surface area contributed by atoms with Crippen LogP contribution < -0.4 is 71.9 Å². The Morgan fingerprint density at radius 1 is 0.556 bits per heavy atom. The molecular weight excluding hydrogens is 213 g/mol. The summed E-state index contributed by atoms with van der Waals surface area (Å²) in [6.07, 6.45) is 1.15. The molecule has 0 N–H and O–H groups in total. The summed E-state index contributed by atoms with van der Waals surface area (Å²) in [5, 5.41) is 29.7. The summed E-state index contributed by atoms with van der Waals surface area (Å²) in [7, 11) is 0. The van der Waals surface area contributed by atoms with Crippen molar-refractivity contribution in [1.29, 1.82) is 0 Å². The van der Waals surface area contributed by atoms with Crippen LogP contribution in [0, 0.1) is 0 Å². The van der Waals surface area contributed by atoms with Crippen LogP contribution in [-0.4, -0.2) is 18.3 Å². The van der Waals surface area contributed by atoms with Gasteiger partial charge in [0.1, 0.15) is 0 Å². The second kappa shape index (κ2) is 31.2. The van der Waals surface area contributed by atoms with Gasteiger partial charge in [-0.2, -0.15) is 0 Å². The largest absolute Gasteiger partial charge is 1.00 e. The third-order valence-electron chi connectivity index (χ3n) is 1.72. The first-order chi connectivity index (χ1) is 6.81. The van der Waals surface area contributed by atoms with E-state index < -0.39 is 0 Å². The summed E-state index contributed by atoms with van der Waals surface area (Å²) in [5.74, 6) is 0. The molecule has 0 fully saturated rings. The fourth-order valence-corrected chi connectivity index (χ4v) is 0. The molecule has 0 aromatic rings. The quantitative estimate of drug-likeness (QED) is 0.460. The van der Waals surface area contributed by atoms with Gasteiger partial charge in [0.15, 0.2) is 0 Å². The smallest absolute Gasteiger partial charge is 0.852 e. The monoisotopic (exact) mass is 240 g/mol. The van der Waals surface area contributed by atoms with Crippen molar-refractivity contribution in [1.82, 2.24) is 0 Å². The molecule has 0 aromatic carbocycles. The van der Waals surface area contributed by atoms with Gasteiger partial charge in [0.2, 0.25) is 0 Å². The van der Waals surface area contributed by atoms with Gasteiger partial charge in [-0.15, -0.1) is 18.3 Å². The van der Waals surface area contributed by atoms with E-state index in [-0.39, 0.29) is 74.9 Å². The molecule has 0 aliphatic heterocycles. The second-order valence-electron chi connectivity index (χ2n) is 3.66. The molecule has 0 aromatic heterocycles. The summed E-state index contributed by atoms with van der Waals surface area (Å²) in [6, 6.07) is 0. The zero-order chi connectivity index (χ0) is 12.9. The minimum atomic E-state index is -0.366. The molecule has 0 saturated carbocycles. The van der Waals surface area contributed by atoms with Gasteiger partial charge in [-0.3, -0.25) is 0 Å². The second-order valence-corrected chi connectivity index (χ2v) is 3.66. The van der Waals surface area contributed by atoms with Crippen LogP contribution in [0.1, 0.15) is 60.8 Å². The predicted molar refractivity (Wildman–Crippen MR) is 59.3 cm³/mol. The van der Waals surface area contributed by atoms with Crippen molar-refractivity contribution in [2.45, 2.75) is 79.1 Å². The summed E-state index contributed by atoms with van der Waals surface area (Å²) < 4.78 is 0. The normalized spacial score (nSPS) is 12.5. The molecule has 0 bridgehead atoms. The molecular formula is C12H27Li3O3. The molecule has 0 spiro atoms. The standard InChI is InChI=1S/3C4H9O.3Li/c3*1-3-4(2)5;;;/h3*4H,3H2,1-2H3;;;/q3*-1;3*+1. The third-order valence-corrected chi connectivity index (χ3v) is 1.72. The van der Waals surface area contributed by atoms with Crippen molar-refractivity contribution in [3.63, 3.8) is 0 Å². The average molecular weight is 240 g/mol. The van der Waals surface area contributed by atoms with Crippen LogP contribution in [0.15, 0.2) is 0 Å². The minimum Gasteiger partial charge on any atom is -0.852 e. The molecule has 6 heteroatoms. The topological polar surface area (TPSA) is 69.2 Å². The van der Waals surface area contributed by atoms with E-state index in [0.29, 0.717) is 0 Å². The fraction of sp³-hybridized carbons (Fsp3) is 1.00. The van der Waals surface area contributed by atoms with Crippen LogP contribution in [0.5, 0.6) is 0 Å². The van der Waals surface area contributed by atoms with E-state index in [4.69, 9.17) is 0 Å². The van der Waals surface area contributed by atoms with Crippen molar-refractivity contribution < 1.29 is 71.9 Å². The third kappa shape index (κ3) is 83.5. The van der Waals surface area contributed by atoms with Gasteiger partial charge in [-0.1, -0.05) is 60.8 Å². The Morgan fingerprint density at radius 2 is 0.611 bits per heavy atom. The van der Waals surface area contributed by atoms with Gasteiger partial charge in [0.25, 0.3) is 0 Å². The minimum absolute atomic E-state index is 0. The summed E-state index contributed by atoms with van der Waals surface area (Å²) >= 11 is 0. The van der Waals surface area contributed by atoms with Gasteiger partial charge in [-0.05, 0) is 0 Å². The van der Waals surface area contributed by atoms with Gasteiger partial charge < -0.3 is 15.3 Å². The van der Waals surface area contributed by atoms with Crippen LogP contribution in [0.2, 0.25) is 0 Å². The summed E-state index contributed by atoms with van der Waals surface area (Å²) in [5.41, 5.74) is 0. The van der Waals surface area contributed by atoms with Crippen molar-refractivity contribution >= 4 is 0 Å². The Kier molecular flexibility index (Phi) is 63.6. The first-order valence-electron chi connectivity index (χ1n) is 5.79.